The highest BCUT2D eigenvalue weighted by atomic mass is 16.5. The van der Waals surface area contributed by atoms with Crippen LogP contribution in [0.1, 0.15) is 30.0 Å². The average Bonchev–Trinajstić information content (AvgIpc) is 2.83. The fourth-order valence-electron chi connectivity index (χ4n) is 4.39. The summed E-state index contributed by atoms with van der Waals surface area (Å²) in [5.41, 5.74) is 4.26. The second-order valence-corrected chi connectivity index (χ2v) is 9.64. The third kappa shape index (κ3) is 8.16. The zero-order valence-electron chi connectivity index (χ0n) is 22.2. The molecule has 0 saturated carbocycles. The molecule has 0 radical (unpaired) electrons. The summed E-state index contributed by atoms with van der Waals surface area (Å²) in [5, 5.41) is 15.6. The third-order valence-electron chi connectivity index (χ3n) is 5.87. The van der Waals surface area contributed by atoms with Gasteiger partial charge in [-0.05, 0) is 89.4 Å². The number of fused-ring (bicyclic) bond motifs is 2. The number of carboxylic acid groups (broad SMARTS) is 1. The minimum atomic E-state index is -0.787. The number of hydrogen-bond donors (Lipinski definition) is 3. The fraction of sp³-hybridized carbons (Fsp3) is 0.393. The van der Waals surface area contributed by atoms with Crippen LogP contribution in [0, 0.1) is 0 Å². The number of ether oxygens (including phenoxy) is 1. The molecule has 198 valence electrons. The summed E-state index contributed by atoms with van der Waals surface area (Å²) >= 11 is 0. The standard InChI is InChI=1S/C24H28N4O2.C4H9NO2/c1-28(2)15-23(29)25-18-11-12-19-17(14-18)10-13-22(26-19)27-20-8-4-6-16-7-5-9-21(30-3)24(16)20;1-5(2)3-4(6)7/h5,7,9-14,20H,4,6,8,15H2,1-3H3,(H,25,29)(H,26,27);3H2,1-2H3,(H,6,7). The predicted molar refractivity (Wildman–Crippen MR) is 147 cm³/mol. The van der Waals surface area contributed by atoms with Crippen molar-refractivity contribution in [3.05, 3.63) is 59.7 Å². The molecule has 0 spiro atoms. The van der Waals surface area contributed by atoms with Crippen LogP contribution in [0.15, 0.2) is 48.5 Å². The van der Waals surface area contributed by atoms with Crippen LogP contribution in [-0.2, 0) is 16.0 Å². The summed E-state index contributed by atoms with van der Waals surface area (Å²) < 4.78 is 5.62. The van der Waals surface area contributed by atoms with Gasteiger partial charge in [-0.1, -0.05) is 12.1 Å². The van der Waals surface area contributed by atoms with Gasteiger partial charge in [-0.25, -0.2) is 4.98 Å². The molecule has 0 saturated heterocycles. The van der Waals surface area contributed by atoms with Gasteiger partial charge in [0, 0.05) is 16.6 Å². The summed E-state index contributed by atoms with van der Waals surface area (Å²) in [6, 6.07) is 16.3. The Hall–Kier alpha value is -3.69. The first-order valence-electron chi connectivity index (χ1n) is 12.3. The normalized spacial score (nSPS) is 14.5. The number of aryl methyl sites for hydroxylation is 1. The minimum absolute atomic E-state index is 0.0319. The molecule has 1 aliphatic carbocycles. The lowest BCUT2D eigenvalue weighted by atomic mass is 9.87. The van der Waals surface area contributed by atoms with E-state index >= 15 is 0 Å². The summed E-state index contributed by atoms with van der Waals surface area (Å²) in [6.07, 6.45) is 3.27. The van der Waals surface area contributed by atoms with Crippen molar-refractivity contribution in [2.75, 3.05) is 59.0 Å². The van der Waals surface area contributed by atoms with Crippen molar-refractivity contribution in [1.82, 2.24) is 14.8 Å². The van der Waals surface area contributed by atoms with Gasteiger partial charge in [-0.3, -0.25) is 14.5 Å². The van der Waals surface area contributed by atoms with Crippen LogP contribution in [0.2, 0.25) is 0 Å². The second kappa shape index (κ2) is 13.0. The first-order chi connectivity index (χ1) is 17.7. The zero-order valence-corrected chi connectivity index (χ0v) is 22.2. The average molecular weight is 508 g/mol. The molecule has 9 heteroatoms. The van der Waals surface area contributed by atoms with Crippen molar-refractivity contribution in [2.45, 2.75) is 25.3 Å². The van der Waals surface area contributed by atoms with Crippen LogP contribution in [0.4, 0.5) is 11.5 Å². The Kier molecular flexibility index (Phi) is 9.82. The summed E-state index contributed by atoms with van der Waals surface area (Å²) in [5.74, 6) is 0.958. The maximum Gasteiger partial charge on any atom is 0.317 e. The van der Waals surface area contributed by atoms with E-state index in [0.717, 1.165) is 47.4 Å². The fourth-order valence-corrected chi connectivity index (χ4v) is 4.39. The zero-order chi connectivity index (χ0) is 26.9. The molecule has 4 rings (SSSR count). The quantitative estimate of drug-likeness (QED) is 0.422. The van der Waals surface area contributed by atoms with E-state index in [9.17, 15) is 9.59 Å². The monoisotopic (exact) mass is 507 g/mol. The topological polar surface area (TPSA) is 107 Å². The molecule has 2 aromatic carbocycles. The first-order valence-corrected chi connectivity index (χ1v) is 12.3. The van der Waals surface area contributed by atoms with Gasteiger partial charge in [0.2, 0.25) is 5.91 Å². The number of rotatable bonds is 8. The van der Waals surface area contributed by atoms with Crippen LogP contribution in [-0.4, -0.2) is 80.2 Å². The molecule has 1 amide bonds. The van der Waals surface area contributed by atoms with Crippen molar-refractivity contribution >= 4 is 34.3 Å². The molecule has 1 aliphatic rings. The van der Waals surface area contributed by atoms with Gasteiger partial charge in [-0.15, -0.1) is 0 Å². The number of carboxylic acids is 1. The van der Waals surface area contributed by atoms with E-state index < -0.39 is 5.97 Å². The number of anilines is 2. The Labute approximate surface area is 218 Å². The SMILES string of the molecule is CN(C)CC(=O)O.COc1cccc2c1C(Nc1ccc3cc(NC(=O)CN(C)C)ccc3n1)CCC2. The van der Waals surface area contributed by atoms with Crippen molar-refractivity contribution in [2.24, 2.45) is 0 Å². The van der Waals surface area contributed by atoms with Gasteiger partial charge in [0.1, 0.15) is 11.6 Å². The van der Waals surface area contributed by atoms with E-state index in [1.807, 2.05) is 55.4 Å². The van der Waals surface area contributed by atoms with E-state index in [0.29, 0.717) is 6.54 Å². The number of pyridine rings is 1. The number of methoxy groups -OCH3 is 1. The smallest absolute Gasteiger partial charge is 0.317 e. The van der Waals surface area contributed by atoms with Gasteiger partial charge in [0.05, 0.1) is 31.8 Å². The summed E-state index contributed by atoms with van der Waals surface area (Å²) in [4.78, 5) is 30.0. The number of nitrogens with zero attached hydrogens (tertiary/aromatic N) is 3. The van der Waals surface area contributed by atoms with E-state index in [4.69, 9.17) is 14.8 Å². The van der Waals surface area contributed by atoms with Crippen molar-refractivity contribution < 1.29 is 19.4 Å². The molecule has 37 heavy (non-hydrogen) atoms. The molecule has 3 N–H and O–H groups in total. The van der Waals surface area contributed by atoms with E-state index in [1.165, 1.54) is 11.1 Å². The first kappa shape index (κ1) is 27.9. The number of hydrogen-bond acceptors (Lipinski definition) is 7. The lowest BCUT2D eigenvalue weighted by Crippen LogP contribution is -2.27. The van der Waals surface area contributed by atoms with Crippen LogP contribution in [0.5, 0.6) is 5.75 Å². The van der Waals surface area contributed by atoms with Crippen LogP contribution in [0.25, 0.3) is 10.9 Å². The van der Waals surface area contributed by atoms with Crippen molar-refractivity contribution in [3.63, 3.8) is 0 Å². The van der Waals surface area contributed by atoms with Gasteiger partial charge in [-0.2, -0.15) is 0 Å². The molecular weight excluding hydrogens is 470 g/mol. The van der Waals surface area contributed by atoms with Gasteiger partial charge in [0.15, 0.2) is 0 Å². The maximum atomic E-state index is 12.0. The number of carbonyl (C=O) groups is 2. The molecular formula is C28H37N5O4. The van der Waals surface area contributed by atoms with Crippen molar-refractivity contribution in [1.29, 1.82) is 0 Å². The lowest BCUT2D eigenvalue weighted by Gasteiger charge is -2.28. The highest BCUT2D eigenvalue weighted by molar-refractivity contribution is 5.95. The van der Waals surface area contributed by atoms with E-state index in [-0.39, 0.29) is 18.5 Å². The molecule has 1 aromatic heterocycles. The molecule has 9 nitrogen and oxygen atoms in total. The van der Waals surface area contributed by atoms with Crippen LogP contribution in [0.3, 0.4) is 0 Å². The Balaban J connectivity index is 0.000000479. The Morgan fingerprint density at radius 3 is 2.46 bits per heavy atom. The van der Waals surface area contributed by atoms with Crippen LogP contribution < -0.4 is 15.4 Å². The number of amides is 1. The largest absolute Gasteiger partial charge is 0.496 e. The van der Waals surface area contributed by atoms with Gasteiger partial charge in [0.25, 0.3) is 0 Å². The molecule has 0 aliphatic heterocycles. The number of likely N-dealkylation sites (N-methyl/N-ethyl adjacent to an activating group) is 2. The Morgan fingerprint density at radius 1 is 1.05 bits per heavy atom. The third-order valence-corrected chi connectivity index (χ3v) is 5.87. The highest BCUT2D eigenvalue weighted by Gasteiger charge is 2.24. The molecule has 3 aromatic rings. The number of aromatic nitrogens is 1. The van der Waals surface area contributed by atoms with E-state index in [1.54, 1.807) is 26.1 Å². The molecule has 1 unspecified atom stereocenters. The molecule has 1 heterocycles. The Morgan fingerprint density at radius 2 is 1.81 bits per heavy atom. The van der Waals surface area contributed by atoms with Crippen molar-refractivity contribution in [3.8, 4) is 5.75 Å². The number of carbonyl (C=O) groups excluding carboxylic acids is 1. The molecule has 1 atom stereocenters. The second-order valence-electron chi connectivity index (χ2n) is 9.64. The Bertz CT molecular complexity index is 1210. The summed E-state index contributed by atoms with van der Waals surface area (Å²) in [6.45, 7) is 0.464. The number of benzene rings is 2. The number of nitrogens with one attached hydrogen (secondary N) is 2. The van der Waals surface area contributed by atoms with Crippen LogP contribution >= 0.6 is 0 Å². The lowest BCUT2D eigenvalue weighted by molar-refractivity contribution is -0.137. The molecule has 0 fully saturated rings. The minimum Gasteiger partial charge on any atom is -0.496 e. The van der Waals surface area contributed by atoms with Gasteiger partial charge < -0.3 is 25.4 Å². The van der Waals surface area contributed by atoms with E-state index in [2.05, 4.69) is 22.8 Å². The maximum absolute atomic E-state index is 12.0. The summed E-state index contributed by atoms with van der Waals surface area (Å²) in [7, 11) is 8.91. The molecule has 0 bridgehead atoms. The highest BCUT2D eigenvalue weighted by Crippen LogP contribution is 2.38. The number of aliphatic carboxylic acids is 1. The van der Waals surface area contributed by atoms with Gasteiger partial charge >= 0.3 is 5.97 Å². The predicted octanol–water partition coefficient (Wildman–Crippen LogP) is 3.87.